The Hall–Kier alpha value is -1.79. The van der Waals surface area contributed by atoms with Gasteiger partial charge < -0.3 is 4.98 Å². The first kappa shape index (κ1) is 11.7. The first-order chi connectivity index (χ1) is 8.15. The van der Waals surface area contributed by atoms with Crippen LogP contribution in [0.25, 0.3) is 0 Å². The molecule has 0 unspecified atom stereocenters. The number of hydrogen-bond acceptors (Lipinski definition) is 1. The first-order valence-corrected chi connectivity index (χ1v) is 5.92. The second-order valence-electron chi connectivity index (χ2n) is 3.64. The molecule has 1 N–H and O–H groups in total. The highest BCUT2D eigenvalue weighted by molar-refractivity contribution is 9.10. The van der Waals surface area contributed by atoms with E-state index in [1.54, 1.807) is 6.07 Å². The Morgan fingerprint density at radius 2 is 1.76 bits per heavy atom. The molecule has 0 radical (unpaired) electrons. The smallest absolute Gasteiger partial charge is 0.263 e. The fourth-order valence-electron chi connectivity index (χ4n) is 1.34. The van der Waals surface area contributed by atoms with Crippen LogP contribution in [0.5, 0.6) is 0 Å². The van der Waals surface area contributed by atoms with Crippen molar-refractivity contribution in [3.63, 3.8) is 0 Å². The Morgan fingerprint density at radius 3 is 2.41 bits per heavy atom. The molecule has 2 nitrogen and oxygen atoms in total. The fraction of sp³-hybridized carbons (Fsp3) is 0.0714. The van der Waals surface area contributed by atoms with E-state index in [2.05, 4.69) is 32.8 Å². The number of aryl methyl sites for hydroxylation is 1. The molecule has 1 heterocycles. The van der Waals surface area contributed by atoms with Gasteiger partial charge in [0.05, 0.1) is 5.56 Å². The van der Waals surface area contributed by atoms with E-state index in [1.165, 1.54) is 0 Å². The number of aromatic nitrogens is 1. The van der Waals surface area contributed by atoms with Gasteiger partial charge >= 0.3 is 0 Å². The SMILES string of the molecule is Cc1ccc(C#Cc2ccc(Br)cc2)c(=O)[nH]1. The maximum atomic E-state index is 11.5. The van der Waals surface area contributed by atoms with Gasteiger partial charge in [-0.1, -0.05) is 27.8 Å². The van der Waals surface area contributed by atoms with Crippen LogP contribution < -0.4 is 5.56 Å². The van der Waals surface area contributed by atoms with Crippen LogP contribution in [-0.4, -0.2) is 4.98 Å². The Kier molecular flexibility index (Phi) is 3.46. The van der Waals surface area contributed by atoms with Gasteiger partial charge in [0.1, 0.15) is 0 Å². The molecule has 17 heavy (non-hydrogen) atoms. The van der Waals surface area contributed by atoms with E-state index in [0.717, 1.165) is 15.7 Å². The number of H-pyrrole nitrogens is 1. The third kappa shape index (κ3) is 3.08. The minimum atomic E-state index is -0.144. The van der Waals surface area contributed by atoms with Crippen molar-refractivity contribution < 1.29 is 0 Å². The average Bonchev–Trinajstić information content (AvgIpc) is 2.30. The largest absolute Gasteiger partial charge is 0.325 e. The van der Waals surface area contributed by atoms with Gasteiger partial charge in [-0.3, -0.25) is 4.79 Å². The predicted octanol–water partition coefficient (Wildman–Crippen LogP) is 2.85. The van der Waals surface area contributed by atoms with Crippen molar-refractivity contribution in [2.75, 3.05) is 0 Å². The van der Waals surface area contributed by atoms with Crippen LogP contribution in [0.3, 0.4) is 0 Å². The second-order valence-corrected chi connectivity index (χ2v) is 4.56. The van der Waals surface area contributed by atoms with Gasteiger partial charge in [-0.25, -0.2) is 0 Å². The lowest BCUT2D eigenvalue weighted by atomic mass is 10.2. The number of nitrogens with one attached hydrogen (secondary N) is 1. The number of aromatic amines is 1. The molecule has 0 fully saturated rings. The van der Waals surface area contributed by atoms with Crippen molar-refractivity contribution in [1.82, 2.24) is 4.98 Å². The van der Waals surface area contributed by atoms with Crippen LogP contribution in [0.4, 0.5) is 0 Å². The van der Waals surface area contributed by atoms with E-state index in [9.17, 15) is 4.79 Å². The summed E-state index contributed by atoms with van der Waals surface area (Å²) in [6, 6.07) is 11.2. The third-order valence-electron chi connectivity index (χ3n) is 2.24. The first-order valence-electron chi connectivity index (χ1n) is 5.13. The highest BCUT2D eigenvalue weighted by atomic mass is 79.9. The van der Waals surface area contributed by atoms with E-state index < -0.39 is 0 Å². The van der Waals surface area contributed by atoms with Gasteiger partial charge in [0, 0.05) is 15.7 Å². The summed E-state index contributed by atoms with van der Waals surface area (Å²) in [6.45, 7) is 1.84. The lowest BCUT2D eigenvalue weighted by molar-refractivity contribution is 1.13. The van der Waals surface area contributed by atoms with Gasteiger partial charge in [0.15, 0.2) is 0 Å². The van der Waals surface area contributed by atoms with Crippen LogP contribution in [0, 0.1) is 18.8 Å². The van der Waals surface area contributed by atoms with E-state index in [-0.39, 0.29) is 5.56 Å². The minimum Gasteiger partial charge on any atom is -0.325 e. The van der Waals surface area contributed by atoms with Gasteiger partial charge in [0.25, 0.3) is 5.56 Å². The summed E-state index contributed by atoms with van der Waals surface area (Å²) in [5.74, 6) is 5.82. The molecule has 0 bridgehead atoms. The molecule has 0 aliphatic rings. The fourth-order valence-corrected chi connectivity index (χ4v) is 1.61. The van der Waals surface area contributed by atoms with E-state index >= 15 is 0 Å². The van der Waals surface area contributed by atoms with Crippen molar-refractivity contribution in [3.05, 3.63) is 68.0 Å². The minimum absolute atomic E-state index is 0.144. The molecular formula is C14H10BrNO. The van der Waals surface area contributed by atoms with Crippen LogP contribution in [0.2, 0.25) is 0 Å². The Bertz CT molecular complexity index is 644. The molecule has 1 aromatic carbocycles. The standard InChI is InChI=1S/C14H10BrNO/c1-10-2-6-12(14(17)16-10)7-3-11-4-8-13(15)9-5-11/h2,4-6,8-9H,1H3,(H,16,17). The molecule has 3 heteroatoms. The molecule has 0 spiro atoms. The summed E-state index contributed by atoms with van der Waals surface area (Å²) in [7, 11) is 0. The van der Waals surface area contributed by atoms with Crippen LogP contribution in [0.1, 0.15) is 16.8 Å². The lowest BCUT2D eigenvalue weighted by Gasteiger charge is -1.93. The normalized spacial score (nSPS) is 9.53. The molecule has 0 aliphatic heterocycles. The molecule has 0 saturated carbocycles. The molecule has 2 rings (SSSR count). The van der Waals surface area contributed by atoms with Gasteiger partial charge in [-0.2, -0.15) is 0 Å². The molecule has 1 aromatic heterocycles. The summed E-state index contributed by atoms with van der Waals surface area (Å²) in [6.07, 6.45) is 0. The predicted molar refractivity (Wildman–Crippen MR) is 71.9 cm³/mol. The molecule has 0 saturated heterocycles. The lowest BCUT2D eigenvalue weighted by Crippen LogP contribution is -2.10. The molecule has 0 amide bonds. The van der Waals surface area contributed by atoms with E-state index in [4.69, 9.17) is 0 Å². The number of rotatable bonds is 0. The quantitative estimate of drug-likeness (QED) is 0.743. The Morgan fingerprint density at radius 1 is 1.06 bits per heavy atom. The van der Waals surface area contributed by atoms with Crippen LogP contribution >= 0.6 is 15.9 Å². The van der Waals surface area contributed by atoms with Crippen molar-refractivity contribution in [2.24, 2.45) is 0 Å². The van der Waals surface area contributed by atoms with Crippen molar-refractivity contribution in [3.8, 4) is 11.8 Å². The number of pyridine rings is 1. The van der Waals surface area contributed by atoms with Crippen LogP contribution in [-0.2, 0) is 0 Å². The zero-order valence-electron chi connectivity index (χ0n) is 9.25. The number of benzene rings is 1. The van der Waals surface area contributed by atoms with Crippen molar-refractivity contribution in [1.29, 1.82) is 0 Å². The van der Waals surface area contributed by atoms with Gasteiger partial charge in [-0.05, 0) is 43.3 Å². The molecule has 2 aromatic rings. The van der Waals surface area contributed by atoms with Crippen molar-refractivity contribution >= 4 is 15.9 Å². The van der Waals surface area contributed by atoms with E-state index in [1.807, 2.05) is 37.3 Å². The highest BCUT2D eigenvalue weighted by Crippen LogP contribution is 2.09. The monoisotopic (exact) mass is 287 g/mol. The van der Waals surface area contributed by atoms with Crippen LogP contribution in [0.15, 0.2) is 45.7 Å². The second kappa shape index (κ2) is 5.03. The summed E-state index contributed by atoms with van der Waals surface area (Å²) < 4.78 is 1.01. The molecular weight excluding hydrogens is 278 g/mol. The zero-order valence-corrected chi connectivity index (χ0v) is 10.8. The van der Waals surface area contributed by atoms with E-state index in [0.29, 0.717) is 5.56 Å². The molecule has 84 valence electrons. The summed E-state index contributed by atoms with van der Waals surface area (Å²) in [4.78, 5) is 14.3. The highest BCUT2D eigenvalue weighted by Gasteiger charge is 1.94. The average molecular weight is 288 g/mol. The zero-order chi connectivity index (χ0) is 12.3. The maximum absolute atomic E-state index is 11.5. The maximum Gasteiger partial charge on any atom is 0.263 e. The van der Waals surface area contributed by atoms with Gasteiger partial charge in [0.2, 0.25) is 0 Å². The summed E-state index contributed by atoms with van der Waals surface area (Å²) in [5, 5.41) is 0. The van der Waals surface area contributed by atoms with Gasteiger partial charge in [-0.15, -0.1) is 0 Å². The summed E-state index contributed by atoms with van der Waals surface area (Å²) >= 11 is 3.36. The third-order valence-corrected chi connectivity index (χ3v) is 2.77. The van der Waals surface area contributed by atoms with Crippen molar-refractivity contribution in [2.45, 2.75) is 6.92 Å². The summed E-state index contributed by atoms with van der Waals surface area (Å²) in [5.41, 5.74) is 2.06. The Balaban J connectivity index is 2.33. The molecule has 0 aliphatic carbocycles. The number of hydrogen-bond donors (Lipinski definition) is 1. The topological polar surface area (TPSA) is 32.9 Å². The Labute approximate surface area is 108 Å². The molecule has 0 atom stereocenters. The number of halogens is 1.